The van der Waals surface area contributed by atoms with Gasteiger partial charge in [-0.1, -0.05) is 0 Å². The molecule has 0 radical (unpaired) electrons. The molecule has 1 amide bonds. The van der Waals surface area contributed by atoms with E-state index in [2.05, 4.69) is 0 Å². The van der Waals surface area contributed by atoms with Gasteiger partial charge in [0, 0.05) is 31.9 Å². The molecule has 0 aliphatic heterocycles. The van der Waals surface area contributed by atoms with Crippen LogP contribution in [0.4, 0.5) is 0 Å². The van der Waals surface area contributed by atoms with Crippen LogP contribution in [-0.2, 0) is 23.2 Å². The van der Waals surface area contributed by atoms with Crippen LogP contribution in [0.2, 0.25) is 0 Å². The Morgan fingerprint density at radius 3 is 2.62 bits per heavy atom. The third kappa shape index (κ3) is 3.59. The number of aromatic nitrogens is 2. The van der Waals surface area contributed by atoms with E-state index >= 15 is 0 Å². The van der Waals surface area contributed by atoms with Gasteiger partial charge in [0.25, 0.3) is 5.56 Å². The van der Waals surface area contributed by atoms with Crippen molar-refractivity contribution in [2.45, 2.75) is 31.8 Å². The first-order valence-electron chi connectivity index (χ1n) is 6.68. The van der Waals surface area contributed by atoms with Crippen molar-refractivity contribution < 1.29 is 14.7 Å². The summed E-state index contributed by atoms with van der Waals surface area (Å²) in [6.07, 6.45) is 2.87. The van der Waals surface area contributed by atoms with E-state index in [1.54, 1.807) is 0 Å². The predicted molar refractivity (Wildman–Crippen MR) is 72.9 cm³/mol. The summed E-state index contributed by atoms with van der Waals surface area (Å²) in [5.41, 5.74) is -1.00. The van der Waals surface area contributed by atoms with Gasteiger partial charge >= 0.3 is 11.7 Å². The number of amides is 1. The van der Waals surface area contributed by atoms with Crippen molar-refractivity contribution in [3.05, 3.63) is 33.1 Å². The van der Waals surface area contributed by atoms with Crippen molar-refractivity contribution in [2.75, 3.05) is 6.54 Å². The second-order valence-electron chi connectivity index (χ2n) is 5.09. The molecule has 1 saturated carbocycles. The standard InChI is InChI=1S/C13H17N3O5/c1-14-10(17)4-6-15(13(14)21)8-11(18)16(9-2-3-9)7-5-12(19)20/h4,6,9H,2-3,5,7-8H2,1H3,(H,19,20). The van der Waals surface area contributed by atoms with E-state index in [0.717, 1.165) is 22.0 Å². The van der Waals surface area contributed by atoms with E-state index in [-0.39, 0.29) is 31.5 Å². The van der Waals surface area contributed by atoms with E-state index in [1.807, 2.05) is 0 Å². The first-order valence-corrected chi connectivity index (χ1v) is 6.68. The minimum Gasteiger partial charge on any atom is -0.481 e. The average molecular weight is 295 g/mol. The molecule has 21 heavy (non-hydrogen) atoms. The van der Waals surface area contributed by atoms with Crippen LogP contribution >= 0.6 is 0 Å². The summed E-state index contributed by atoms with van der Waals surface area (Å²) in [5.74, 6) is -1.27. The monoisotopic (exact) mass is 295 g/mol. The molecule has 114 valence electrons. The highest BCUT2D eigenvalue weighted by atomic mass is 16.4. The second kappa shape index (κ2) is 5.94. The third-order valence-corrected chi connectivity index (χ3v) is 3.44. The Bertz CT molecular complexity index is 671. The summed E-state index contributed by atoms with van der Waals surface area (Å²) in [4.78, 5) is 47.5. The Morgan fingerprint density at radius 1 is 1.38 bits per heavy atom. The smallest absolute Gasteiger partial charge is 0.331 e. The van der Waals surface area contributed by atoms with Gasteiger partial charge in [0.05, 0.1) is 6.42 Å². The van der Waals surface area contributed by atoms with Gasteiger partial charge in [0.1, 0.15) is 6.54 Å². The lowest BCUT2D eigenvalue weighted by atomic mass is 10.3. The minimum atomic E-state index is -0.965. The summed E-state index contributed by atoms with van der Waals surface area (Å²) < 4.78 is 2.08. The highest BCUT2D eigenvalue weighted by molar-refractivity contribution is 5.77. The van der Waals surface area contributed by atoms with Crippen LogP contribution < -0.4 is 11.2 Å². The summed E-state index contributed by atoms with van der Waals surface area (Å²) in [7, 11) is 1.34. The zero-order valence-electron chi connectivity index (χ0n) is 11.7. The molecule has 1 aromatic heterocycles. The van der Waals surface area contributed by atoms with Crippen LogP contribution in [0, 0.1) is 0 Å². The van der Waals surface area contributed by atoms with Gasteiger partial charge in [-0.05, 0) is 12.8 Å². The van der Waals surface area contributed by atoms with Crippen LogP contribution in [0.25, 0.3) is 0 Å². The molecule has 0 spiro atoms. The zero-order chi connectivity index (χ0) is 15.6. The molecule has 0 atom stereocenters. The van der Waals surface area contributed by atoms with E-state index < -0.39 is 17.2 Å². The van der Waals surface area contributed by atoms with Crippen LogP contribution in [-0.4, -0.2) is 43.6 Å². The molecular weight excluding hydrogens is 278 g/mol. The summed E-state index contributed by atoms with van der Waals surface area (Å²) in [6.45, 7) is -0.0532. The Labute approximate surface area is 120 Å². The minimum absolute atomic E-state index is 0.0695. The van der Waals surface area contributed by atoms with E-state index in [0.29, 0.717) is 0 Å². The van der Waals surface area contributed by atoms with Crippen molar-refractivity contribution in [3.8, 4) is 0 Å². The Hall–Kier alpha value is -2.38. The molecule has 1 fully saturated rings. The summed E-state index contributed by atoms with van der Waals surface area (Å²) in [6, 6.07) is 1.29. The number of aliphatic carboxylic acids is 1. The molecule has 0 unspecified atom stereocenters. The molecule has 0 saturated heterocycles. The largest absolute Gasteiger partial charge is 0.481 e. The van der Waals surface area contributed by atoms with Gasteiger partial charge in [0.2, 0.25) is 5.91 Å². The number of rotatable bonds is 6. The zero-order valence-corrected chi connectivity index (χ0v) is 11.7. The van der Waals surface area contributed by atoms with Crippen molar-refractivity contribution >= 4 is 11.9 Å². The van der Waals surface area contributed by atoms with Crippen molar-refractivity contribution in [2.24, 2.45) is 7.05 Å². The Kier molecular flexibility index (Phi) is 4.25. The van der Waals surface area contributed by atoms with Gasteiger partial charge in [0.15, 0.2) is 0 Å². The Morgan fingerprint density at radius 2 is 2.05 bits per heavy atom. The number of carbonyl (C=O) groups excluding carboxylic acids is 1. The molecule has 8 heteroatoms. The average Bonchev–Trinajstić information content (AvgIpc) is 3.24. The highest BCUT2D eigenvalue weighted by Crippen LogP contribution is 2.27. The van der Waals surface area contributed by atoms with Gasteiger partial charge in [-0.25, -0.2) is 4.79 Å². The maximum absolute atomic E-state index is 12.2. The van der Waals surface area contributed by atoms with E-state index in [4.69, 9.17) is 5.11 Å². The quantitative estimate of drug-likeness (QED) is 0.726. The first kappa shape index (κ1) is 15.0. The second-order valence-corrected chi connectivity index (χ2v) is 5.09. The number of nitrogens with zero attached hydrogens (tertiary/aromatic N) is 3. The Balaban J connectivity index is 2.12. The van der Waals surface area contributed by atoms with Crippen LogP contribution in [0.3, 0.4) is 0 Å². The number of hydrogen-bond acceptors (Lipinski definition) is 4. The van der Waals surface area contributed by atoms with Gasteiger partial charge in [-0.15, -0.1) is 0 Å². The SMILES string of the molecule is Cn1c(=O)ccn(CC(=O)N(CCC(=O)O)C2CC2)c1=O. The van der Waals surface area contributed by atoms with E-state index in [9.17, 15) is 19.2 Å². The number of hydrogen-bond donors (Lipinski definition) is 1. The number of carboxylic acid groups (broad SMARTS) is 1. The molecule has 1 N–H and O–H groups in total. The topological polar surface area (TPSA) is 102 Å². The van der Waals surface area contributed by atoms with Gasteiger partial charge < -0.3 is 10.0 Å². The fraction of sp³-hybridized carbons (Fsp3) is 0.538. The predicted octanol–water partition coefficient (Wildman–Crippen LogP) is -0.987. The van der Waals surface area contributed by atoms with Gasteiger partial charge in [-0.3, -0.25) is 23.5 Å². The van der Waals surface area contributed by atoms with E-state index in [1.165, 1.54) is 24.2 Å². The van der Waals surface area contributed by atoms with Crippen LogP contribution in [0.15, 0.2) is 21.9 Å². The molecule has 8 nitrogen and oxygen atoms in total. The highest BCUT2D eigenvalue weighted by Gasteiger charge is 2.32. The van der Waals surface area contributed by atoms with Gasteiger partial charge in [-0.2, -0.15) is 0 Å². The molecule has 0 bridgehead atoms. The normalized spacial score (nSPS) is 14.0. The fourth-order valence-corrected chi connectivity index (χ4v) is 2.09. The van der Waals surface area contributed by atoms with Crippen LogP contribution in [0.1, 0.15) is 19.3 Å². The molecule has 2 rings (SSSR count). The number of carbonyl (C=O) groups is 2. The molecule has 1 aliphatic rings. The summed E-state index contributed by atoms with van der Waals surface area (Å²) in [5, 5.41) is 8.72. The molecular formula is C13H17N3O5. The van der Waals surface area contributed by atoms with Crippen molar-refractivity contribution in [1.82, 2.24) is 14.0 Å². The molecule has 0 aromatic carbocycles. The number of carboxylic acids is 1. The molecule has 1 heterocycles. The lowest BCUT2D eigenvalue weighted by molar-refractivity contribution is -0.138. The molecule has 1 aromatic rings. The fourth-order valence-electron chi connectivity index (χ4n) is 2.09. The maximum Gasteiger partial charge on any atom is 0.331 e. The third-order valence-electron chi connectivity index (χ3n) is 3.44. The van der Waals surface area contributed by atoms with Crippen LogP contribution in [0.5, 0.6) is 0 Å². The van der Waals surface area contributed by atoms with Crippen molar-refractivity contribution in [3.63, 3.8) is 0 Å². The summed E-state index contributed by atoms with van der Waals surface area (Å²) >= 11 is 0. The lowest BCUT2D eigenvalue weighted by Gasteiger charge is -2.22. The lowest BCUT2D eigenvalue weighted by Crippen LogP contribution is -2.42. The molecule has 1 aliphatic carbocycles. The first-order chi connectivity index (χ1) is 9.90. The maximum atomic E-state index is 12.2. The van der Waals surface area contributed by atoms with Crippen molar-refractivity contribution in [1.29, 1.82) is 0 Å².